The molecule has 5 nitrogen and oxygen atoms in total. The average Bonchev–Trinajstić information content (AvgIpc) is 2.87. The van der Waals surface area contributed by atoms with Gasteiger partial charge >= 0.3 is 12.1 Å². The molecule has 2 aromatic carbocycles. The minimum atomic E-state index is -0.735. The van der Waals surface area contributed by atoms with E-state index in [0.717, 1.165) is 16.3 Å². The fourth-order valence-corrected chi connectivity index (χ4v) is 2.42. The van der Waals surface area contributed by atoms with E-state index in [1.165, 1.54) is 12.0 Å². The van der Waals surface area contributed by atoms with Gasteiger partial charge in [-0.15, -0.1) is 0 Å². The summed E-state index contributed by atoms with van der Waals surface area (Å²) in [5, 5.41) is 1.97. The molecule has 1 aliphatic rings. The molecular weight excluding hydrogens is 258 g/mol. The number of fused-ring (bicyclic) bond motifs is 1. The van der Waals surface area contributed by atoms with Crippen LogP contribution in [0.1, 0.15) is 11.8 Å². The van der Waals surface area contributed by atoms with E-state index in [1.54, 1.807) is 0 Å². The highest BCUT2D eigenvalue weighted by Gasteiger charge is 2.38. The van der Waals surface area contributed by atoms with Crippen LogP contribution < -0.4 is 0 Å². The highest BCUT2D eigenvalue weighted by atomic mass is 16.6. The van der Waals surface area contributed by atoms with Gasteiger partial charge in [-0.25, -0.2) is 4.79 Å². The van der Waals surface area contributed by atoms with Crippen LogP contribution in [0.4, 0.5) is 4.79 Å². The lowest BCUT2D eigenvalue weighted by Crippen LogP contribution is -2.31. The summed E-state index contributed by atoms with van der Waals surface area (Å²) in [5.74, 6) is -0.437. The Balaban J connectivity index is 2.09. The summed E-state index contributed by atoms with van der Waals surface area (Å²) in [4.78, 5) is 24.6. The number of carbonyl (C=O) groups is 2. The van der Waals surface area contributed by atoms with Crippen molar-refractivity contribution in [3.05, 3.63) is 48.0 Å². The second-order valence-electron chi connectivity index (χ2n) is 4.51. The maximum atomic E-state index is 11.8. The molecule has 0 saturated carbocycles. The predicted octanol–water partition coefficient (Wildman–Crippen LogP) is 2.46. The highest BCUT2D eigenvalue weighted by Crippen LogP contribution is 2.32. The van der Waals surface area contributed by atoms with E-state index in [2.05, 4.69) is 0 Å². The van der Waals surface area contributed by atoms with E-state index in [0.29, 0.717) is 0 Å². The van der Waals surface area contributed by atoms with Crippen LogP contribution in [-0.4, -0.2) is 30.6 Å². The monoisotopic (exact) mass is 271 g/mol. The van der Waals surface area contributed by atoms with Gasteiger partial charge in [-0.1, -0.05) is 42.5 Å². The van der Waals surface area contributed by atoms with Crippen molar-refractivity contribution in [1.82, 2.24) is 4.90 Å². The average molecular weight is 271 g/mol. The van der Waals surface area contributed by atoms with Crippen molar-refractivity contribution < 1.29 is 19.1 Å². The van der Waals surface area contributed by atoms with Crippen molar-refractivity contribution in [2.24, 2.45) is 0 Å². The number of ether oxygens (including phenoxy) is 2. The van der Waals surface area contributed by atoms with Gasteiger partial charge < -0.3 is 9.47 Å². The smallest absolute Gasteiger partial charge is 0.413 e. The predicted molar refractivity (Wildman–Crippen MR) is 71.9 cm³/mol. The van der Waals surface area contributed by atoms with Crippen molar-refractivity contribution in [3.63, 3.8) is 0 Å². The summed E-state index contributed by atoms with van der Waals surface area (Å²) < 4.78 is 9.98. The lowest BCUT2D eigenvalue weighted by atomic mass is 10.0. The van der Waals surface area contributed by atoms with Crippen molar-refractivity contribution in [2.45, 2.75) is 6.23 Å². The van der Waals surface area contributed by atoms with Crippen LogP contribution in [0.15, 0.2) is 42.5 Å². The molecule has 1 amide bonds. The van der Waals surface area contributed by atoms with Crippen molar-refractivity contribution in [3.8, 4) is 0 Å². The number of methoxy groups -OCH3 is 1. The summed E-state index contributed by atoms with van der Waals surface area (Å²) in [7, 11) is 1.28. The first-order valence-corrected chi connectivity index (χ1v) is 6.22. The first-order chi connectivity index (χ1) is 9.70. The standard InChI is InChI=1S/C15H13NO4/c1-19-15(18)16-9-13(17)20-14(16)12-8-4-6-10-5-2-3-7-11(10)12/h2-8,14H,9H2,1H3. The van der Waals surface area contributed by atoms with E-state index in [1.807, 2.05) is 42.5 Å². The molecule has 0 aliphatic carbocycles. The third-order valence-corrected chi connectivity index (χ3v) is 3.32. The molecule has 2 aromatic rings. The minimum absolute atomic E-state index is 0.0967. The summed E-state index contributed by atoms with van der Waals surface area (Å²) in [5.41, 5.74) is 0.777. The molecule has 0 radical (unpaired) electrons. The maximum Gasteiger partial charge on any atom is 0.413 e. The maximum absolute atomic E-state index is 11.8. The molecule has 0 bridgehead atoms. The molecule has 20 heavy (non-hydrogen) atoms. The fourth-order valence-electron chi connectivity index (χ4n) is 2.42. The molecule has 1 aliphatic heterocycles. The number of esters is 1. The summed E-state index contributed by atoms with van der Waals surface area (Å²) in [6.45, 7) is -0.0967. The lowest BCUT2D eigenvalue weighted by molar-refractivity contribution is -0.141. The zero-order valence-corrected chi connectivity index (χ0v) is 10.9. The number of benzene rings is 2. The van der Waals surface area contributed by atoms with Crippen LogP contribution >= 0.6 is 0 Å². The molecular formula is C15H13NO4. The molecule has 0 spiro atoms. The quantitative estimate of drug-likeness (QED) is 0.748. The van der Waals surface area contributed by atoms with Gasteiger partial charge in [0.15, 0.2) is 0 Å². The van der Waals surface area contributed by atoms with E-state index in [9.17, 15) is 9.59 Å². The van der Waals surface area contributed by atoms with E-state index in [4.69, 9.17) is 9.47 Å². The summed E-state index contributed by atoms with van der Waals surface area (Å²) >= 11 is 0. The Morgan fingerprint density at radius 1 is 1.25 bits per heavy atom. The summed E-state index contributed by atoms with van der Waals surface area (Å²) in [6.07, 6.45) is -1.31. The Hall–Kier alpha value is -2.56. The molecule has 1 atom stereocenters. The minimum Gasteiger partial charge on any atom is -0.453 e. The second kappa shape index (κ2) is 4.85. The van der Waals surface area contributed by atoms with Crippen molar-refractivity contribution >= 4 is 22.8 Å². The first kappa shape index (κ1) is 12.5. The van der Waals surface area contributed by atoms with Crippen LogP contribution in [0.25, 0.3) is 10.8 Å². The molecule has 3 rings (SSSR count). The molecule has 0 aromatic heterocycles. The number of hydrogen-bond donors (Lipinski definition) is 0. The van der Waals surface area contributed by atoms with Gasteiger partial charge in [0.2, 0.25) is 6.23 Å². The molecule has 5 heteroatoms. The molecule has 102 valence electrons. The highest BCUT2D eigenvalue weighted by molar-refractivity contribution is 5.88. The third-order valence-electron chi connectivity index (χ3n) is 3.32. The van der Waals surface area contributed by atoms with E-state index in [-0.39, 0.29) is 6.54 Å². The first-order valence-electron chi connectivity index (χ1n) is 6.22. The lowest BCUT2D eigenvalue weighted by Gasteiger charge is -2.21. The zero-order valence-electron chi connectivity index (χ0n) is 10.9. The van der Waals surface area contributed by atoms with Crippen LogP contribution in [0.5, 0.6) is 0 Å². The fraction of sp³-hybridized carbons (Fsp3) is 0.200. The third kappa shape index (κ3) is 1.97. The molecule has 1 saturated heterocycles. The zero-order chi connectivity index (χ0) is 14.1. The Kier molecular flexibility index (Phi) is 3.02. The number of cyclic esters (lactones) is 1. The van der Waals surface area contributed by atoms with Crippen LogP contribution in [0, 0.1) is 0 Å². The number of rotatable bonds is 1. The van der Waals surface area contributed by atoms with Crippen LogP contribution in [0.3, 0.4) is 0 Å². The van der Waals surface area contributed by atoms with E-state index >= 15 is 0 Å². The van der Waals surface area contributed by atoms with Gasteiger partial charge in [-0.05, 0) is 10.8 Å². The van der Waals surface area contributed by atoms with Gasteiger partial charge in [-0.3, -0.25) is 9.69 Å². The SMILES string of the molecule is COC(=O)N1CC(=O)OC1c1cccc2ccccc12. The number of amides is 1. The van der Waals surface area contributed by atoms with Gasteiger partial charge in [0.25, 0.3) is 0 Å². The summed E-state index contributed by atoms with van der Waals surface area (Å²) in [6, 6.07) is 13.4. The topological polar surface area (TPSA) is 55.8 Å². The van der Waals surface area contributed by atoms with E-state index < -0.39 is 18.3 Å². The Morgan fingerprint density at radius 2 is 2.00 bits per heavy atom. The molecule has 1 fully saturated rings. The largest absolute Gasteiger partial charge is 0.453 e. The number of hydrogen-bond acceptors (Lipinski definition) is 4. The molecule has 1 heterocycles. The van der Waals surface area contributed by atoms with Crippen molar-refractivity contribution in [1.29, 1.82) is 0 Å². The van der Waals surface area contributed by atoms with Gasteiger partial charge in [0.1, 0.15) is 6.54 Å². The Labute approximate surface area is 115 Å². The number of nitrogens with zero attached hydrogens (tertiary/aromatic N) is 1. The second-order valence-corrected chi connectivity index (χ2v) is 4.51. The molecule has 1 unspecified atom stereocenters. The molecule has 0 N–H and O–H groups in total. The van der Waals surface area contributed by atoms with Gasteiger partial charge in [0, 0.05) is 5.56 Å². The normalized spacial score (nSPS) is 18.1. The number of carbonyl (C=O) groups excluding carboxylic acids is 2. The van der Waals surface area contributed by atoms with Gasteiger partial charge in [0.05, 0.1) is 7.11 Å². The van der Waals surface area contributed by atoms with Crippen molar-refractivity contribution in [2.75, 3.05) is 13.7 Å². The Bertz CT molecular complexity index is 677. The van der Waals surface area contributed by atoms with Crippen LogP contribution in [0.2, 0.25) is 0 Å². The Morgan fingerprint density at radius 3 is 2.80 bits per heavy atom. The van der Waals surface area contributed by atoms with Crippen LogP contribution in [-0.2, 0) is 14.3 Å². The van der Waals surface area contributed by atoms with Gasteiger partial charge in [-0.2, -0.15) is 0 Å².